The quantitative estimate of drug-likeness (QED) is 0.436. The Balaban J connectivity index is 3.81. The predicted molar refractivity (Wildman–Crippen MR) is 49.1 cm³/mol. The van der Waals surface area contributed by atoms with Crippen LogP contribution in [0.2, 0.25) is 0 Å². The van der Waals surface area contributed by atoms with E-state index in [-0.39, 0.29) is 0 Å². The molecule has 0 heterocycles. The monoisotopic (exact) mass is 158 g/mol. The molecule has 0 rings (SSSR count). The first-order chi connectivity index (χ1) is 4.59. The van der Waals surface area contributed by atoms with Crippen molar-refractivity contribution in [2.45, 2.75) is 0 Å². The van der Waals surface area contributed by atoms with Gasteiger partial charge in [-0.05, 0) is 12.2 Å². The van der Waals surface area contributed by atoms with Crippen molar-refractivity contribution in [2.24, 2.45) is 0 Å². The zero-order valence-electron chi connectivity index (χ0n) is 6.79. The van der Waals surface area contributed by atoms with Crippen molar-refractivity contribution >= 4 is 17.3 Å². The van der Waals surface area contributed by atoms with Gasteiger partial charge in [0.1, 0.15) is 0 Å². The first-order valence-corrected chi connectivity index (χ1v) is 3.53. The fourth-order valence-electron chi connectivity index (χ4n) is 0.613. The van der Waals surface area contributed by atoms with Crippen LogP contribution in [-0.2, 0) is 0 Å². The van der Waals surface area contributed by atoms with Crippen molar-refractivity contribution in [3.8, 4) is 0 Å². The molecule has 0 aliphatic rings. The highest BCUT2D eigenvalue weighted by molar-refractivity contribution is 7.80. The van der Waals surface area contributed by atoms with Crippen LogP contribution in [0.3, 0.4) is 0 Å². The zero-order valence-corrected chi connectivity index (χ0v) is 7.61. The van der Waals surface area contributed by atoms with Crippen LogP contribution in [0.1, 0.15) is 0 Å². The average Bonchev–Trinajstić information content (AvgIpc) is 1.87. The third kappa shape index (κ3) is 2.82. The summed E-state index contributed by atoms with van der Waals surface area (Å²) in [7, 11) is 5.81. The van der Waals surface area contributed by atoms with Crippen LogP contribution in [0.15, 0.2) is 12.7 Å². The molecule has 0 radical (unpaired) electrons. The summed E-state index contributed by atoms with van der Waals surface area (Å²) in [5.74, 6) is 0. The number of nitrogens with zero attached hydrogens (tertiary/aromatic N) is 2. The lowest BCUT2D eigenvalue weighted by Gasteiger charge is -2.23. The molecule has 0 aromatic rings. The molecule has 0 aliphatic heterocycles. The summed E-state index contributed by atoms with van der Waals surface area (Å²) in [6, 6.07) is 0. The molecular formula is C7H14N2S. The lowest BCUT2D eigenvalue weighted by molar-refractivity contribution is 0.472. The molecule has 10 heavy (non-hydrogen) atoms. The van der Waals surface area contributed by atoms with Crippen LogP contribution in [-0.4, -0.2) is 42.6 Å². The smallest absolute Gasteiger partial charge is 0.171 e. The van der Waals surface area contributed by atoms with Crippen molar-refractivity contribution in [3.05, 3.63) is 12.7 Å². The van der Waals surface area contributed by atoms with Gasteiger partial charge in [-0.1, -0.05) is 6.08 Å². The maximum absolute atomic E-state index is 5.07. The third-order valence-corrected chi connectivity index (χ3v) is 1.79. The second-order valence-corrected chi connectivity index (χ2v) is 2.71. The molecule has 3 heteroatoms. The van der Waals surface area contributed by atoms with Gasteiger partial charge in [-0.3, -0.25) is 0 Å². The van der Waals surface area contributed by atoms with E-state index in [0.717, 1.165) is 11.7 Å². The van der Waals surface area contributed by atoms with Crippen LogP contribution in [0, 0.1) is 0 Å². The van der Waals surface area contributed by atoms with Crippen LogP contribution < -0.4 is 0 Å². The van der Waals surface area contributed by atoms with Gasteiger partial charge in [-0.15, -0.1) is 6.58 Å². The molecule has 0 saturated heterocycles. The van der Waals surface area contributed by atoms with Gasteiger partial charge in [-0.25, -0.2) is 0 Å². The second-order valence-electron chi connectivity index (χ2n) is 2.35. The molecular weight excluding hydrogens is 144 g/mol. The first-order valence-electron chi connectivity index (χ1n) is 3.13. The molecule has 0 aromatic heterocycles. The maximum atomic E-state index is 5.07. The Morgan fingerprint density at radius 2 is 2.00 bits per heavy atom. The lowest BCUT2D eigenvalue weighted by atomic mass is 10.5. The lowest BCUT2D eigenvalue weighted by Crippen LogP contribution is -2.35. The molecule has 0 aliphatic carbocycles. The summed E-state index contributed by atoms with van der Waals surface area (Å²) in [6.45, 7) is 4.43. The highest BCUT2D eigenvalue weighted by atomic mass is 32.1. The van der Waals surface area contributed by atoms with Crippen molar-refractivity contribution in [2.75, 3.05) is 27.7 Å². The number of likely N-dealkylation sites (N-methyl/N-ethyl adjacent to an activating group) is 1. The third-order valence-electron chi connectivity index (χ3n) is 1.11. The molecule has 0 aromatic carbocycles. The van der Waals surface area contributed by atoms with E-state index in [1.54, 1.807) is 0 Å². The van der Waals surface area contributed by atoms with Gasteiger partial charge in [0.05, 0.1) is 0 Å². The summed E-state index contributed by atoms with van der Waals surface area (Å²) >= 11 is 5.07. The van der Waals surface area contributed by atoms with Crippen LogP contribution in [0.5, 0.6) is 0 Å². The standard InChI is InChI=1S/C7H14N2S/c1-5-6-9(4)7(10)8(2)3/h5H,1,6H2,2-4H3. The Morgan fingerprint density at radius 1 is 1.50 bits per heavy atom. The van der Waals surface area contributed by atoms with Gasteiger partial charge in [0.25, 0.3) is 0 Å². The number of hydrogen-bond acceptors (Lipinski definition) is 1. The van der Waals surface area contributed by atoms with Gasteiger partial charge in [0.2, 0.25) is 0 Å². The number of hydrogen-bond donors (Lipinski definition) is 0. The van der Waals surface area contributed by atoms with Gasteiger partial charge >= 0.3 is 0 Å². The van der Waals surface area contributed by atoms with E-state index >= 15 is 0 Å². The topological polar surface area (TPSA) is 6.48 Å². The second kappa shape index (κ2) is 4.28. The molecule has 2 nitrogen and oxygen atoms in total. The molecule has 0 fully saturated rings. The Bertz CT molecular complexity index is 132. The minimum absolute atomic E-state index is 0.803. The van der Waals surface area contributed by atoms with Gasteiger partial charge in [-0.2, -0.15) is 0 Å². The van der Waals surface area contributed by atoms with Gasteiger partial charge in [0, 0.05) is 27.7 Å². The molecule has 58 valence electrons. The zero-order chi connectivity index (χ0) is 8.15. The van der Waals surface area contributed by atoms with E-state index in [1.165, 1.54) is 0 Å². The van der Waals surface area contributed by atoms with E-state index < -0.39 is 0 Å². The van der Waals surface area contributed by atoms with Crippen molar-refractivity contribution in [1.82, 2.24) is 9.80 Å². The molecule has 0 unspecified atom stereocenters. The Hall–Kier alpha value is -0.570. The van der Waals surface area contributed by atoms with E-state index in [2.05, 4.69) is 6.58 Å². The fourth-order valence-corrected chi connectivity index (χ4v) is 0.688. The van der Waals surface area contributed by atoms with Crippen LogP contribution in [0.25, 0.3) is 0 Å². The molecule has 0 amide bonds. The summed E-state index contributed by atoms with van der Waals surface area (Å²) in [5.41, 5.74) is 0. The average molecular weight is 158 g/mol. The van der Waals surface area contributed by atoms with E-state index in [1.807, 2.05) is 37.0 Å². The minimum Gasteiger partial charge on any atom is -0.355 e. The molecule has 0 spiro atoms. The van der Waals surface area contributed by atoms with Crippen molar-refractivity contribution in [1.29, 1.82) is 0 Å². The molecule has 0 N–H and O–H groups in total. The normalized spacial score (nSPS) is 8.70. The summed E-state index contributed by atoms with van der Waals surface area (Å²) in [5, 5.41) is 0.833. The molecule has 0 atom stereocenters. The highest BCUT2D eigenvalue weighted by Gasteiger charge is 2.01. The Kier molecular flexibility index (Phi) is 4.03. The number of rotatable bonds is 2. The van der Waals surface area contributed by atoms with E-state index in [9.17, 15) is 0 Å². The van der Waals surface area contributed by atoms with E-state index in [0.29, 0.717) is 0 Å². The predicted octanol–water partition coefficient (Wildman–Crippen LogP) is 0.951. The van der Waals surface area contributed by atoms with Crippen molar-refractivity contribution < 1.29 is 0 Å². The Labute approximate surface area is 68.1 Å². The maximum Gasteiger partial charge on any atom is 0.171 e. The van der Waals surface area contributed by atoms with Crippen LogP contribution in [0.4, 0.5) is 0 Å². The summed E-state index contributed by atoms with van der Waals surface area (Å²) < 4.78 is 0. The minimum atomic E-state index is 0.803. The molecule has 0 saturated carbocycles. The largest absolute Gasteiger partial charge is 0.355 e. The van der Waals surface area contributed by atoms with Gasteiger partial charge in [0.15, 0.2) is 5.11 Å². The SMILES string of the molecule is C=CCN(C)C(=S)N(C)C. The van der Waals surface area contributed by atoms with Gasteiger partial charge < -0.3 is 9.80 Å². The fraction of sp³-hybridized carbons (Fsp3) is 0.571. The summed E-state index contributed by atoms with van der Waals surface area (Å²) in [6.07, 6.45) is 1.83. The molecule has 0 bridgehead atoms. The Morgan fingerprint density at radius 3 is 2.30 bits per heavy atom. The first kappa shape index (κ1) is 9.43. The summed E-state index contributed by atoms with van der Waals surface area (Å²) in [4.78, 5) is 3.86. The highest BCUT2D eigenvalue weighted by Crippen LogP contribution is 1.90. The van der Waals surface area contributed by atoms with Crippen molar-refractivity contribution in [3.63, 3.8) is 0 Å². The number of thiocarbonyl (C=S) groups is 1. The van der Waals surface area contributed by atoms with Crippen LogP contribution >= 0.6 is 12.2 Å². The van der Waals surface area contributed by atoms with E-state index in [4.69, 9.17) is 12.2 Å².